The fourth-order valence-electron chi connectivity index (χ4n) is 3.39. The maximum atomic E-state index is 12.5. The number of amides is 1. The highest BCUT2D eigenvalue weighted by atomic mass is 35.5. The van der Waals surface area contributed by atoms with Crippen LogP contribution in [-0.2, 0) is 14.8 Å². The first kappa shape index (κ1) is 20.4. The van der Waals surface area contributed by atoms with Crippen LogP contribution in [-0.4, -0.2) is 14.3 Å². The monoisotopic (exact) mass is 440 g/mol. The van der Waals surface area contributed by atoms with Crippen molar-refractivity contribution in [3.05, 3.63) is 88.9 Å². The van der Waals surface area contributed by atoms with Crippen molar-refractivity contribution in [2.45, 2.75) is 24.2 Å². The van der Waals surface area contributed by atoms with Crippen LogP contribution in [0.4, 0.5) is 11.4 Å². The van der Waals surface area contributed by atoms with Crippen molar-refractivity contribution in [3.8, 4) is 0 Å². The third-order valence-corrected chi connectivity index (χ3v) is 6.91. The van der Waals surface area contributed by atoms with Gasteiger partial charge < -0.3 is 5.32 Å². The van der Waals surface area contributed by atoms with Crippen LogP contribution in [0.3, 0.4) is 0 Å². The SMILES string of the molecule is Cc1ccc(S(=O)(=O)Nc2ccc(NC(=O)C3CC3c3ccccc3Cl)cc2)cc1. The molecule has 2 N–H and O–H groups in total. The number of aryl methyl sites for hydroxylation is 1. The first-order valence-corrected chi connectivity index (χ1v) is 11.4. The number of hydrogen-bond acceptors (Lipinski definition) is 3. The van der Waals surface area contributed by atoms with Crippen molar-refractivity contribution in [1.29, 1.82) is 0 Å². The van der Waals surface area contributed by atoms with Crippen molar-refractivity contribution in [3.63, 3.8) is 0 Å². The number of halogens is 1. The Kier molecular flexibility index (Phi) is 5.54. The van der Waals surface area contributed by atoms with E-state index < -0.39 is 10.0 Å². The van der Waals surface area contributed by atoms with E-state index >= 15 is 0 Å². The molecular weight excluding hydrogens is 420 g/mol. The van der Waals surface area contributed by atoms with Gasteiger partial charge in [0.05, 0.1) is 4.90 Å². The number of carbonyl (C=O) groups is 1. The fraction of sp³-hybridized carbons (Fsp3) is 0.174. The van der Waals surface area contributed by atoms with E-state index in [2.05, 4.69) is 10.0 Å². The quantitative estimate of drug-likeness (QED) is 0.553. The molecule has 3 aromatic rings. The van der Waals surface area contributed by atoms with Gasteiger partial charge in [-0.1, -0.05) is 47.5 Å². The Morgan fingerprint density at radius 3 is 2.23 bits per heavy atom. The lowest BCUT2D eigenvalue weighted by atomic mass is 10.1. The van der Waals surface area contributed by atoms with Gasteiger partial charge >= 0.3 is 0 Å². The third kappa shape index (κ3) is 4.50. The molecule has 0 aliphatic heterocycles. The number of carbonyl (C=O) groups excluding carboxylic acids is 1. The Bertz CT molecular complexity index is 1180. The number of rotatable bonds is 6. The summed E-state index contributed by atoms with van der Waals surface area (Å²) in [4.78, 5) is 12.7. The zero-order chi connectivity index (χ0) is 21.3. The Morgan fingerprint density at radius 2 is 1.57 bits per heavy atom. The van der Waals surface area contributed by atoms with Crippen LogP contribution in [0.2, 0.25) is 5.02 Å². The topological polar surface area (TPSA) is 75.3 Å². The molecule has 1 saturated carbocycles. The Hall–Kier alpha value is -2.83. The highest BCUT2D eigenvalue weighted by Gasteiger charge is 2.44. The zero-order valence-corrected chi connectivity index (χ0v) is 17.9. The lowest BCUT2D eigenvalue weighted by Gasteiger charge is -2.10. The summed E-state index contributed by atoms with van der Waals surface area (Å²) in [6.45, 7) is 1.90. The normalized spacial score (nSPS) is 17.9. The molecule has 4 rings (SSSR count). The van der Waals surface area contributed by atoms with Gasteiger partial charge in [-0.25, -0.2) is 8.42 Å². The standard InChI is InChI=1S/C23H21ClN2O3S/c1-15-6-12-18(13-7-15)30(28,29)26-17-10-8-16(9-11-17)25-23(27)21-14-20(21)19-4-2-3-5-22(19)24/h2-13,20-21,26H,14H2,1H3,(H,25,27). The summed E-state index contributed by atoms with van der Waals surface area (Å²) in [6.07, 6.45) is 0.768. The average molecular weight is 441 g/mol. The van der Waals surface area contributed by atoms with Crippen molar-refractivity contribution >= 4 is 38.9 Å². The predicted molar refractivity (Wildman–Crippen MR) is 119 cm³/mol. The Balaban J connectivity index is 1.38. The number of sulfonamides is 1. The number of benzene rings is 3. The van der Waals surface area contributed by atoms with E-state index in [0.29, 0.717) is 16.4 Å². The molecule has 5 nitrogen and oxygen atoms in total. The van der Waals surface area contributed by atoms with E-state index in [1.165, 1.54) is 0 Å². The van der Waals surface area contributed by atoms with E-state index in [0.717, 1.165) is 17.5 Å². The van der Waals surface area contributed by atoms with Gasteiger partial charge in [0.25, 0.3) is 10.0 Å². The van der Waals surface area contributed by atoms with Crippen LogP contribution in [0.5, 0.6) is 0 Å². The summed E-state index contributed by atoms with van der Waals surface area (Å²) in [6, 6.07) is 20.8. The zero-order valence-electron chi connectivity index (χ0n) is 16.3. The minimum absolute atomic E-state index is 0.0621. The van der Waals surface area contributed by atoms with Gasteiger partial charge in [-0.2, -0.15) is 0 Å². The number of hydrogen-bond donors (Lipinski definition) is 2. The van der Waals surface area contributed by atoms with Crippen LogP contribution in [0.1, 0.15) is 23.5 Å². The van der Waals surface area contributed by atoms with E-state index in [4.69, 9.17) is 11.6 Å². The molecule has 1 fully saturated rings. The second-order valence-electron chi connectivity index (χ2n) is 7.46. The summed E-state index contributed by atoms with van der Waals surface area (Å²) in [5.41, 5.74) is 3.03. The molecule has 30 heavy (non-hydrogen) atoms. The molecule has 7 heteroatoms. The fourth-order valence-corrected chi connectivity index (χ4v) is 4.73. The predicted octanol–water partition coefficient (Wildman–Crippen LogP) is 5.19. The van der Waals surface area contributed by atoms with E-state index in [1.807, 2.05) is 31.2 Å². The first-order chi connectivity index (χ1) is 14.3. The molecule has 0 spiro atoms. The molecule has 1 aliphatic rings. The van der Waals surface area contributed by atoms with Crippen molar-refractivity contribution in [2.75, 3.05) is 10.0 Å². The van der Waals surface area contributed by atoms with Crippen molar-refractivity contribution < 1.29 is 13.2 Å². The third-order valence-electron chi connectivity index (χ3n) is 5.17. The maximum absolute atomic E-state index is 12.5. The van der Waals surface area contributed by atoms with Crippen molar-refractivity contribution in [2.24, 2.45) is 5.92 Å². The molecule has 0 bridgehead atoms. The first-order valence-electron chi connectivity index (χ1n) is 9.58. The summed E-state index contributed by atoms with van der Waals surface area (Å²) in [7, 11) is -3.66. The van der Waals surface area contributed by atoms with Crippen LogP contribution in [0.25, 0.3) is 0 Å². The second-order valence-corrected chi connectivity index (χ2v) is 9.54. The lowest BCUT2D eigenvalue weighted by molar-refractivity contribution is -0.117. The second kappa shape index (κ2) is 8.13. The number of nitrogens with one attached hydrogen (secondary N) is 2. The van der Waals surface area contributed by atoms with Gasteiger partial charge in [0.15, 0.2) is 0 Å². The lowest BCUT2D eigenvalue weighted by Crippen LogP contribution is -2.15. The van der Waals surface area contributed by atoms with Crippen LogP contribution >= 0.6 is 11.6 Å². The van der Waals surface area contributed by atoms with Gasteiger partial charge in [0.1, 0.15) is 0 Å². The van der Waals surface area contributed by atoms with E-state index in [9.17, 15) is 13.2 Å². The molecular formula is C23H21ClN2O3S. The number of anilines is 2. The van der Waals surface area contributed by atoms with Crippen LogP contribution in [0, 0.1) is 12.8 Å². The average Bonchev–Trinajstić information content (AvgIpc) is 3.51. The largest absolute Gasteiger partial charge is 0.326 e. The summed E-state index contributed by atoms with van der Waals surface area (Å²) < 4.78 is 27.5. The highest BCUT2D eigenvalue weighted by Crippen LogP contribution is 2.50. The molecule has 0 saturated heterocycles. The summed E-state index contributed by atoms with van der Waals surface area (Å²) in [5, 5.41) is 3.58. The molecule has 3 aromatic carbocycles. The van der Waals surface area contributed by atoms with Crippen LogP contribution in [0.15, 0.2) is 77.7 Å². The maximum Gasteiger partial charge on any atom is 0.261 e. The summed E-state index contributed by atoms with van der Waals surface area (Å²) in [5.74, 6) is -0.0307. The molecule has 2 unspecified atom stereocenters. The molecule has 0 radical (unpaired) electrons. The van der Waals surface area contributed by atoms with E-state index in [-0.39, 0.29) is 22.6 Å². The summed E-state index contributed by atoms with van der Waals surface area (Å²) >= 11 is 6.22. The highest BCUT2D eigenvalue weighted by molar-refractivity contribution is 7.92. The van der Waals surface area contributed by atoms with E-state index in [1.54, 1.807) is 48.5 Å². The molecule has 1 amide bonds. The van der Waals surface area contributed by atoms with Gasteiger partial charge in [-0.3, -0.25) is 9.52 Å². The van der Waals surface area contributed by atoms with Gasteiger partial charge in [0.2, 0.25) is 5.91 Å². The Morgan fingerprint density at radius 1 is 0.933 bits per heavy atom. The van der Waals surface area contributed by atoms with Crippen molar-refractivity contribution in [1.82, 2.24) is 0 Å². The Labute approximate surface area is 181 Å². The van der Waals surface area contributed by atoms with Gasteiger partial charge in [-0.15, -0.1) is 0 Å². The molecule has 0 aromatic heterocycles. The smallest absolute Gasteiger partial charge is 0.261 e. The van der Waals surface area contributed by atoms with Gasteiger partial charge in [0, 0.05) is 22.3 Å². The molecule has 0 heterocycles. The molecule has 2 atom stereocenters. The molecule has 1 aliphatic carbocycles. The van der Waals surface area contributed by atoms with Gasteiger partial charge in [-0.05, 0) is 67.3 Å². The minimum Gasteiger partial charge on any atom is -0.326 e. The minimum atomic E-state index is -3.66. The van der Waals surface area contributed by atoms with Crippen LogP contribution < -0.4 is 10.0 Å². The molecule has 154 valence electrons.